The molecule has 1 aliphatic rings. The number of aromatic nitrogens is 1. The molecule has 0 N–H and O–H groups in total. The lowest BCUT2D eigenvalue weighted by Crippen LogP contribution is -2.38. The van der Waals surface area contributed by atoms with Gasteiger partial charge in [0.15, 0.2) is 0 Å². The van der Waals surface area contributed by atoms with Crippen molar-refractivity contribution in [3.05, 3.63) is 53.9 Å². The van der Waals surface area contributed by atoms with Crippen LogP contribution in [0.2, 0.25) is 0 Å². The van der Waals surface area contributed by atoms with Crippen LogP contribution in [-0.2, 0) is 15.9 Å². The van der Waals surface area contributed by atoms with Crippen LogP contribution >= 0.6 is 0 Å². The van der Waals surface area contributed by atoms with Gasteiger partial charge in [-0.15, -0.1) is 0 Å². The van der Waals surface area contributed by atoms with Crippen LogP contribution in [0.15, 0.2) is 42.7 Å². The Morgan fingerprint density at radius 3 is 2.81 bits per heavy atom. The summed E-state index contributed by atoms with van der Waals surface area (Å²) < 4.78 is 11.4. The molecular formula is C21H26N2O3. The Hall–Kier alpha value is -2.40. The molecule has 138 valence electrons. The maximum absolute atomic E-state index is 12.3. The lowest BCUT2D eigenvalue weighted by Gasteiger charge is -2.32. The summed E-state index contributed by atoms with van der Waals surface area (Å²) in [5, 5.41) is 0. The van der Waals surface area contributed by atoms with E-state index in [2.05, 4.69) is 23.2 Å². The standard InChI is InChI=1S/C21H26N2O3/c1-21(2,3)26-20(24)23(4)14-19-18-9-5-8-16(17(18)10-12-25-19)15-7-6-11-22-13-15/h5-9,11,13,19H,10,12,14H2,1-4H3. The van der Waals surface area contributed by atoms with Crippen LogP contribution in [0, 0.1) is 0 Å². The molecule has 0 spiro atoms. The third-order valence-electron chi connectivity index (χ3n) is 4.35. The minimum Gasteiger partial charge on any atom is -0.444 e. The second-order valence-electron chi connectivity index (χ2n) is 7.59. The van der Waals surface area contributed by atoms with E-state index in [0.717, 1.165) is 17.5 Å². The van der Waals surface area contributed by atoms with Gasteiger partial charge in [0.25, 0.3) is 0 Å². The quantitative estimate of drug-likeness (QED) is 0.828. The second-order valence-corrected chi connectivity index (χ2v) is 7.59. The van der Waals surface area contributed by atoms with Crippen LogP contribution in [0.25, 0.3) is 11.1 Å². The summed E-state index contributed by atoms with van der Waals surface area (Å²) in [7, 11) is 1.75. The van der Waals surface area contributed by atoms with Crippen LogP contribution in [0.5, 0.6) is 0 Å². The highest BCUT2D eigenvalue weighted by molar-refractivity contribution is 5.69. The lowest BCUT2D eigenvalue weighted by molar-refractivity contribution is -0.00157. The number of hydrogen-bond donors (Lipinski definition) is 0. The molecule has 2 heterocycles. The Labute approximate surface area is 155 Å². The smallest absolute Gasteiger partial charge is 0.410 e. The number of nitrogens with zero attached hydrogens (tertiary/aromatic N) is 2. The molecule has 5 nitrogen and oxygen atoms in total. The number of likely N-dealkylation sites (N-methyl/N-ethyl adjacent to an activating group) is 1. The molecule has 1 unspecified atom stereocenters. The number of ether oxygens (including phenoxy) is 2. The van der Waals surface area contributed by atoms with Crippen molar-refractivity contribution in [2.75, 3.05) is 20.2 Å². The molecular weight excluding hydrogens is 328 g/mol. The normalized spacial score (nSPS) is 16.7. The van der Waals surface area contributed by atoms with Crippen molar-refractivity contribution in [3.8, 4) is 11.1 Å². The minimum absolute atomic E-state index is 0.159. The van der Waals surface area contributed by atoms with Crippen molar-refractivity contribution in [1.29, 1.82) is 0 Å². The minimum atomic E-state index is -0.510. The number of pyridine rings is 1. The molecule has 1 aromatic carbocycles. The van der Waals surface area contributed by atoms with E-state index in [1.807, 2.05) is 39.1 Å². The molecule has 5 heteroatoms. The first-order valence-corrected chi connectivity index (χ1v) is 8.93. The van der Waals surface area contributed by atoms with Crippen molar-refractivity contribution in [1.82, 2.24) is 9.88 Å². The van der Waals surface area contributed by atoms with Crippen molar-refractivity contribution in [3.63, 3.8) is 0 Å². The van der Waals surface area contributed by atoms with Crippen LogP contribution in [-0.4, -0.2) is 41.8 Å². The van der Waals surface area contributed by atoms with E-state index in [4.69, 9.17) is 9.47 Å². The second kappa shape index (κ2) is 7.46. The zero-order chi connectivity index (χ0) is 18.7. The van der Waals surface area contributed by atoms with Crippen molar-refractivity contribution < 1.29 is 14.3 Å². The van der Waals surface area contributed by atoms with Gasteiger partial charge < -0.3 is 14.4 Å². The van der Waals surface area contributed by atoms with Gasteiger partial charge in [-0.2, -0.15) is 0 Å². The van der Waals surface area contributed by atoms with E-state index >= 15 is 0 Å². The predicted octanol–water partition coefficient (Wildman–Crippen LogP) is 4.23. The van der Waals surface area contributed by atoms with Crippen LogP contribution < -0.4 is 0 Å². The molecule has 3 rings (SSSR count). The third-order valence-corrected chi connectivity index (χ3v) is 4.35. The van der Waals surface area contributed by atoms with Crippen molar-refractivity contribution >= 4 is 6.09 Å². The van der Waals surface area contributed by atoms with Gasteiger partial charge in [0, 0.05) is 25.0 Å². The largest absolute Gasteiger partial charge is 0.444 e. The number of carbonyl (C=O) groups excluding carboxylic acids is 1. The van der Waals surface area contributed by atoms with Gasteiger partial charge in [0.1, 0.15) is 11.7 Å². The third kappa shape index (κ3) is 4.22. The van der Waals surface area contributed by atoms with E-state index in [1.165, 1.54) is 11.1 Å². The van der Waals surface area contributed by atoms with Crippen LogP contribution in [0.1, 0.15) is 38.0 Å². The molecule has 26 heavy (non-hydrogen) atoms. The van der Waals surface area contributed by atoms with E-state index in [1.54, 1.807) is 18.1 Å². The molecule has 0 saturated carbocycles. The van der Waals surface area contributed by atoms with Gasteiger partial charge in [-0.3, -0.25) is 4.98 Å². The molecule has 0 fully saturated rings. The molecule has 0 aliphatic carbocycles. The van der Waals surface area contributed by atoms with Gasteiger partial charge in [0.2, 0.25) is 0 Å². The fourth-order valence-corrected chi connectivity index (χ4v) is 3.19. The molecule has 2 aromatic rings. The van der Waals surface area contributed by atoms with Gasteiger partial charge in [-0.25, -0.2) is 4.79 Å². The highest BCUT2D eigenvalue weighted by atomic mass is 16.6. The van der Waals surface area contributed by atoms with Gasteiger partial charge in [0.05, 0.1) is 13.2 Å². The van der Waals surface area contributed by atoms with Crippen molar-refractivity contribution in [2.24, 2.45) is 0 Å². The molecule has 1 amide bonds. The maximum Gasteiger partial charge on any atom is 0.410 e. The first-order valence-electron chi connectivity index (χ1n) is 8.93. The van der Waals surface area contributed by atoms with E-state index in [0.29, 0.717) is 13.2 Å². The first kappa shape index (κ1) is 18.4. The van der Waals surface area contributed by atoms with Crippen LogP contribution in [0.4, 0.5) is 4.79 Å². The summed E-state index contributed by atoms with van der Waals surface area (Å²) >= 11 is 0. The van der Waals surface area contributed by atoms with Crippen LogP contribution in [0.3, 0.4) is 0 Å². The highest BCUT2D eigenvalue weighted by Gasteiger charge is 2.27. The fraction of sp³-hybridized carbons (Fsp3) is 0.429. The zero-order valence-corrected chi connectivity index (χ0v) is 15.9. The molecule has 0 bridgehead atoms. The molecule has 1 aromatic heterocycles. The number of amides is 1. The van der Waals surface area contributed by atoms with E-state index in [9.17, 15) is 4.79 Å². The summed E-state index contributed by atoms with van der Waals surface area (Å²) in [6.45, 7) is 6.69. The summed E-state index contributed by atoms with van der Waals surface area (Å²) in [4.78, 5) is 18.1. The Morgan fingerprint density at radius 1 is 1.31 bits per heavy atom. The van der Waals surface area contributed by atoms with Gasteiger partial charge in [-0.1, -0.05) is 24.3 Å². The first-order chi connectivity index (χ1) is 12.3. The summed E-state index contributed by atoms with van der Waals surface area (Å²) in [5.74, 6) is 0. The Morgan fingerprint density at radius 2 is 2.12 bits per heavy atom. The van der Waals surface area contributed by atoms with Crippen molar-refractivity contribution in [2.45, 2.75) is 38.9 Å². The number of benzene rings is 1. The summed E-state index contributed by atoms with van der Waals surface area (Å²) in [5.41, 5.74) is 4.18. The fourth-order valence-electron chi connectivity index (χ4n) is 3.19. The topological polar surface area (TPSA) is 51.7 Å². The Balaban J connectivity index is 1.83. The Kier molecular flexibility index (Phi) is 5.28. The summed E-state index contributed by atoms with van der Waals surface area (Å²) in [6, 6.07) is 10.3. The van der Waals surface area contributed by atoms with E-state index in [-0.39, 0.29) is 12.2 Å². The monoisotopic (exact) mass is 354 g/mol. The molecule has 1 atom stereocenters. The number of carbonyl (C=O) groups is 1. The number of rotatable bonds is 3. The summed E-state index contributed by atoms with van der Waals surface area (Å²) in [6.07, 6.45) is 4.02. The number of fused-ring (bicyclic) bond motifs is 1. The highest BCUT2D eigenvalue weighted by Crippen LogP contribution is 2.34. The lowest BCUT2D eigenvalue weighted by atomic mass is 9.90. The molecule has 0 saturated heterocycles. The average molecular weight is 354 g/mol. The number of hydrogen-bond acceptors (Lipinski definition) is 4. The predicted molar refractivity (Wildman–Crippen MR) is 101 cm³/mol. The Bertz CT molecular complexity index is 769. The SMILES string of the molecule is CN(CC1OCCc2c(-c3cccnc3)cccc21)C(=O)OC(C)(C)C. The van der Waals surface area contributed by atoms with E-state index < -0.39 is 5.60 Å². The average Bonchev–Trinajstić information content (AvgIpc) is 2.61. The zero-order valence-electron chi connectivity index (χ0n) is 15.9. The van der Waals surface area contributed by atoms with Gasteiger partial charge in [-0.05, 0) is 49.9 Å². The molecule has 1 aliphatic heterocycles. The molecule has 0 radical (unpaired) electrons. The maximum atomic E-state index is 12.3. The van der Waals surface area contributed by atoms with Gasteiger partial charge >= 0.3 is 6.09 Å².